The van der Waals surface area contributed by atoms with Gasteiger partial charge in [0.15, 0.2) is 0 Å². The lowest BCUT2D eigenvalue weighted by Crippen LogP contribution is -2.39. The molecule has 1 heterocycles. The van der Waals surface area contributed by atoms with Crippen molar-refractivity contribution in [3.63, 3.8) is 0 Å². The van der Waals surface area contributed by atoms with Crippen LogP contribution >= 0.6 is 0 Å². The van der Waals surface area contributed by atoms with Crippen LogP contribution < -0.4 is 5.32 Å². The topological polar surface area (TPSA) is 24.5 Å². The van der Waals surface area contributed by atoms with Gasteiger partial charge in [0.2, 0.25) is 0 Å². The third-order valence-corrected chi connectivity index (χ3v) is 3.66. The molecule has 0 amide bonds. The van der Waals surface area contributed by atoms with Crippen LogP contribution in [0.1, 0.15) is 33.1 Å². The summed E-state index contributed by atoms with van der Waals surface area (Å²) in [4.78, 5) is 2.62. The van der Waals surface area contributed by atoms with Gasteiger partial charge in [-0.3, -0.25) is 4.90 Å². The number of nitrogens with one attached hydrogen (secondary N) is 1. The van der Waals surface area contributed by atoms with Crippen molar-refractivity contribution in [2.75, 3.05) is 39.9 Å². The van der Waals surface area contributed by atoms with Gasteiger partial charge in [0.1, 0.15) is 0 Å². The van der Waals surface area contributed by atoms with Crippen molar-refractivity contribution in [1.29, 1.82) is 0 Å². The molecule has 2 atom stereocenters. The van der Waals surface area contributed by atoms with Crippen LogP contribution in [0.25, 0.3) is 0 Å². The van der Waals surface area contributed by atoms with Crippen molar-refractivity contribution in [3.8, 4) is 0 Å². The molecule has 1 aliphatic rings. The fourth-order valence-electron chi connectivity index (χ4n) is 2.38. The van der Waals surface area contributed by atoms with E-state index in [9.17, 15) is 0 Å². The van der Waals surface area contributed by atoms with Crippen molar-refractivity contribution in [1.82, 2.24) is 10.2 Å². The van der Waals surface area contributed by atoms with E-state index in [0.717, 1.165) is 32.0 Å². The van der Waals surface area contributed by atoms with Gasteiger partial charge in [-0.1, -0.05) is 13.3 Å². The van der Waals surface area contributed by atoms with Crippen LogP contribution in [-0.2, 0) is 4.74 Å². The van der Waals surface area contributed by atoms with E-state index in [1.54, 1.807) is 7.11 Å². The molecule has 1 fully saturated rings. The predicted molar refractivity (Wildman–Crippen MR) is 68.8 cm³/mol. The second-order valence-corrected chi connectivity index (χ2v) is 4.96. The molecule has 0 saturated carbocycles. The summed E-state index contributed by atoms with van der Waals surface area (Å²) in [7, 11) is 1.76. The Labute approximate surface area is 101 Å². The number of rotatable bonds is 8. The van der Waals surface area contributed by atoms with E-state index >= 15 is 0 Å². The SMILES string of the molecule is CCC1CCN(C(C)CNCCCOC)C1. The Hall–Kier alpha value is -0.120. The molecule has 1 saturated heterocycles. The molecule has 0 bridgehead atoms. The van der Waals surface area contributed by atoms with Gasteiger partial charge in [0.05, 0.1) is 0 Å². The molecule has 0 aromatic heterocycles. The van der Waals surface area contributed by atoms with Gasteiger partial charge in [-0.15, -0.1) is 0 Å². The second kappa shape index (κ2) is 8.04. The van der Waals surface area contributed by atoms with E-state index in [4.69, 9.17) is 4.74 Å². The van der Waals surface area contributed by atoms with Crippen LogP contribution in [0.5, 0.6) is 0 Å². The van der Waals surface area contributed by atoms with Gasteiger partial charge in [-0.05, 0) is 38.8 Å². The van der Waals surface area contributed by atoms with E-state index in [-0.39, 0.29) is 0 Å². The summed E-state index contributed by atoms with van der Waals surface area (Å²) in [6.45, 7) is 10.3. The number of hydrogen-bond acceptors (Lipinski definition) is 3. The Bertz CT molecular complexity index is 175. The second-order valence-electron chi connectivity index (χ2n) is 4.96. The monoisotopic (exact) mass is 228 g/mol. The maximum absolute atomic E-state index is 5.03. The van der Waals surface area contributed by atoms with Crippen molar-refractivity contribution in [2.24, 2.45) is 5.92 Å². The first kappa shape index (κ1) is 13.9. The Morgan fingerprint density at radius 3 is 2.94 bits per heavy atom. The molecule has 3 heteroatoms. The highest BCUT2D eigenvalue weighted by Crippen LogP contribution is 2.20. The lowest BCUT2D eigenvalue weighted by molar-refractivity contribution is 0.191. The van der Waals surface area contributed by atoms with Gasteiger partial charge < -0.3 is 10.1 Å². The summed E-state index contributed by atoms with van der Waals surface area (Å²) in [5, 5.41) is 3.51. The highest BCUT2D eigenvalue weighted by molar-refractivity contribution is 4.79. The molecule has 1 N–H and O–H groups in total. The molecular formula is C13H28N2O. The van der Waals surface area contributed by atoms with Crippen molar-refractivity contribution in [2.45, 2.75) is 39.2 Å². The minimum Gasteiger partial charge on any atom is -0.385 e. The summed E-state index contributed by atoms with van der Waals surface area (Å²) in [6.07, 6.45) is 3.84. The molecule has 0 aromatic rings. The number of ether oxygens (including phenoxy) is 1. The minimum absolute atomic E-state index is 0.680. The number of hydrogen-bond donors (Lipinski definition) is 1. The third-order valence-electron chi connectivity index (χ3n) is 3.66. The van der Waals surface area contributed by atoms with Crippen LogP contribution in [0.15, 0.2) is 0 Å². The zero-order valence-corrected chi connectivity index (χ0v) is 11.2. The van der Waals surface area contributed by atoms with Gasteiger partial charge >= 0.3 is 0 Å². The van der Waals surface area contributed by atoms with Crippen LogP contribution in [-0.4, -0.2) is 50.8 Å². The number of likely N-dealkylation sites (tertiary alicyclic amines) is 1. The molecule has 2 unspecified atom stereocenters. The van der Waals surface area contributed by atoms with Gasteiger partial charge in [0.25, 0.3) is 0 Å². The fraction of sp³-hybridized carbons (Fsp3) is 1.00. The number of nitrogens with zero attached hydrogens (tertiary/aromatic N) is 1. The molecule has 1 aliphatic heterocycles. The summed E-state index contributed by atoms with van der Waals surface area (Å²) in [6, 6.07) is 0.680. The standard InChI is InChI=1S/C13H28N2O/c1-4-13-6-8-15(11-13)12(2)10-14-7-5-9-16-3/h12-14H,4-11H2,1-3H3. The average Bonchev–Trinajstić information content (AvgIpc) is 2.77. The first-order chi connectivity index (χ1) is 7.77. The highest BCUT2D eigenvalue weighted by Gasteiger charge is 2.24. The van der Waals surface area contributed by atoms with Crippen molar-refractivity contribution in [3.05, 3.63) is 0 Å². The molecule has 0 spiro atoms. The largest absolute Gasteiger partial charge is 0.385 e. The van der Waals surface area contributed by atoms with E-state index < -0.39 is 0 Å². The van der Waals surface area contributed by atoms with E-state index in [1.165, 1.54) is 25.9 Å². The Morgan fingerprint density at radius 1 is 1.50 bits per heavy atom. The Morgan fingerprint density at radius 2 is 2.31 bits per heavy atom. The molecule has 0 radical (unpaired) electrons. The lowest BCUT2D eigenvalue weighted by atomic mass is 10.1. The van der Waals surface area contributed by atoms with Gasteiger partial charge in [-0.25, -0.2) is 0 Å². The van der Waals surface area contributed by atoms with Crippen LogP contribution in [0.3, 0.4) is 0 Å². The number of methoxy groups -OCH3 is 1. The fourth-order valence-corrected chi connectivity index (χ4v) is 2.38. The van der Waals surface area contributed by atoms with Crippen LogP contribution in [0, 0.1) is 5.92 Å². The zero-order valence-electron chi connectivity index (χ0n) is 11.2. The molecule has 1 rings (SSSR count). The Balaban J connectivity index is 2.04. The molecule has 16 heavy (non-hydrogen) atoms. The minimum atomic E-state index is 0.680. The zero-order chi connectivity index (χ0) is 11.8. The molecule has 3 nitrogen and oxygen atoms in total. The maximum atomic E-state index is 5.03. The summed E-state index contributed by atoms with van der Waals surface area (Å²) in [5.74, 6) is 0.941. The molecule has 0 aromatic carbocycles. The van der Waals surface area contributed by atoms with E-state index in [1.807, 2.05) is 0 Å². The van der Waals surface area contributed by atoms with Crippen LogP contribution in [0.2, 0.25) is 0 Å². The molecule has 96 valence electrons. The van der Waals surface area contributed by atoms with Crippen LogP contribution in [0.4, 0.5) is 0 Å². The van der Waals surface area contributed by atoms with Crippen molar-refractivity contribution < 1.29 is 4.74 Å². The average molecular weight is 228 g/mol. The normalized spacial score (nSPS) is 23.8. The summed E-state index contributed by atoms with van der Waals surface area (Å²) in [5.41, 5.74) is 0. The summed E-state index contributed by atoms with van der Waals surface area (Å²) >= 11 is 0. The predicted octanol–water partition coefficient (Wildman–Crippen LogP) is 1.73. The molecule has 0 aliphatic carbocycles. The smallest absolute Gasteiger partial charge is 0.0474 e. The maximum Gasteiger partial charge on any atom is 0.0474 e. The first-order valence-corrected chi connectivity index (χ1v) is 6.71. The highest BCUT2D eigenvalue weighted by atomic mass is 16.5. The Kier molecular flexibility index (Phi) is 7.01. The van der Waals surface area contributed by atoms with Gasteiger partial charge in [-0.2, -0.15) is 0 Å². The first-order valence-electron chi connectivity index (χ1n) is 6.71. The van der Waals surface area contributed by atoms with Crippen molar-refractivity contribution >= 4 is 0 Å². The molecular weight excluding hydrogens is 200 g/mol. The third kappa shape index (κ3) is 4.81. The van der Waals surface area contributed by atoms with E-state index in [0.29, 0.717) is 6.04 Å². The van der Waals surface area contributed by atoms with E-state index in [2.05, 4.69) is 24.1 Å². The lowest BCUT2D eigenvalue weighted by Gasteiger charge is -2.24. The summed E-state index contributed by atoms with van der Waals surface area (Å²) < 4.78 is 5.03. The van der Waals surface area contributed by atoms with Gasteiger partial charge in [0, 0.05) is 32.8 Å². The quantitative estimate of drug-likeness (QED) is 0.640.